The second-order valence-electron chi connectivity index (χ2n) is 22.4. The molecule has 0 aromatic heterocycles. The Hall–Kier alpha value is -1.80. The van der Waals surface area contributed by atoms with E-state index in [2.05, 4.69) is 67.8 Å². The first-order chi connectivity index (χ1) is 35.5. The van der Waals surface area contributed by atoms with Gasteiger partial charge < -0.3 is 28.8 Å². The van der Waals surface area contributed by atoms with Crippen molar-refractivity contribution < 1.29 is 32.9 Å². The summed E-state index contributed by atoms with van der Waals surface area (Å²) in [7, 11) is 1.24. The van der Waals surface area contributed by atoms with Crippen molar-refractivity contribution in [1.82, 2.24) is 5.32 Å². The van der Waals surface area contributed by atoms with Crippen molar-refractivity contribution >= 4 is 13.7 Å². The molecule has 0 saturated heterocycles. The SMILES string of the molecule is CCCC/C=C/CC/C=C/CC/C=C/C(O)C(COP(=O)([O-])OCC[N+](C)(C)C)NC(=O)CCCCCCCCCCCCCCCCCCC/C=C\C/C=C\CCCCCCCCCCCCCCCCC. The average molecular weight is 1050 g/mol. The van der Waals surface area contributed by atoms with Crippen LogP contribution in [0, 0.1) is 0 Å². The molecule has 0 saturated carbocycles. The van der Waals surface area contributed by atoms with Gasteiger partial charge in [-0.3, -0.25) is 9.36 Å². The Morgan fingerprint density at radius 3 is 1.23 bits per heavy atom. The largest absolute Gasteiger partial charge is 0.756 e. The number of aliphatic hydroxyl groups excluding tert-OH is 1. The molecule has 1 amide bonds. The van der Waals surface area contributed by atoms with Crippen molar-refractivity contribution in [3.05, 3.63) is 60.8 Å². The Morgan fingerprint density at radius 2 is 0.822 bits per heavy atom. The second-order valence-corrected chi connectivity index (χ2v) is 23.8. The number of hydrogen-bond donors (Lipinski definition) is 2. The van der Waals surface area contributed by atoms with Crippen LogP contribution in [0.15, 0.2) is 60.8 Å². The van der Waals surface area contributed by atoms with E-state index in [0.29, 0.717) is 17.4 Å². The molecular formula is C64H121N2O6P. The molecule has 3 unspecified atom stereocenters. The third kappa shape index (κ3) is 57.7. The van der Waals surface area contributed by atoms with Crippen molar-refractivity contribution in [2.24, 2.45) is 0 Å². The number of unbranched alkanes of at least 4 members (excludes halogenated alkanes) is 36. The summed E-state index contributed by atoms with van der Waals surface area (Å²) in [5.41, 5.74) is 0. The molecule has 9 heteroatoms. The fourth-order valence-electron chi connectivity index (χ4n) is 9.03. The number of phosphoric ester groups is 1. The molecule has 73 heavy (non-hydrogen) atoms. The molecule has 3 atom stereocenters. The number of phosphoric acid groups is 1. The van der Waals surface area contributed by atoms with Crippen LogP contribution in [0.5, 0.6) is 0 Å². The van der Waals surface area contributed by atoms with Gasteiger partial charge in [0.05, 0.1) is 39.9 Å². The lowest BCUT2D eigenvalue weighted by atomic mass is 10.0. The first-order valence-electron chi connectivity index (χ1n) is 31.2. The first-order valence-corrected chi connectivity index (χ1v) is 32.6. The van der Waals surface area contributed by atoms with E-state index in [9.17, 15) is 19.4 Å². The number of carbonyl (C=O) groups is 1. The fraction of sp³-hybridized carbons (Fsp3) is 0.828. The van der Waals surface area contributed by atoms with Crippen molar-refractivity contribution in [2.75, 3.05) is 40.9 Å². The van der Waals surface area contributed by atoms with Gasteiger partial charge in [0.15, 0.2) is 0 Å². The van der Waals surface area contributed by atoms with Crippen LogP contribution in [0.25, 0.3) is 0 Å². The van der Waals surface area contributed by atoms with E-state index >= 15 is 0 Å². The molecule has 0 heterocycles. The van der Waals surface area contributed by atoms with Crippen LogP contribution in [-0.2, 0) is 18.4 Å². The summed E-state index contributed by atoms with van der Waals surface area (Å²) < 4.78 is 23.3. The molecule has 2 N–H and O–H groups in total. The van der Waals surface area contributed by atoms with Gasteiger partial charge in [0.25, 0.3) is 7.82 Å². The summed E-state index contributed by atoms with van der Waals surface area (Å²) in [5.74, 6) is -0.211. The second kappa shape index (κ2) is 55.0. The maximum Gasteiger partial charge on any atom is 0.268 e. The fourth-order valence-corrected chi connectivity index (χ4v) is 9.75. The van der Waals surface area contributed by atoms with Crippen LogP contribution in [-0.4, -0.2) is 68.5 Å². The number of amides is 1. The normalized spacial score (nSPS) is 14.2. The Kier molecular flexibility index (Phi) is 53.6. The monoisotopic (exact) mass is 1040 g/mol. The van der Waals surface area contributed by atoms with E-state index in [4.69, 9.17) is 9.05 Å². The number of allylic oxidation sites excluding steroid dienone is 9. The molecule has 428 valence electrons. The van der Waals surface area contributed by atoms with E-state index in [1.807, 2.05) is 27.2 Å². The summed E-state index contributed by atoms with van der Waals surface area (Å²) in [6, 6.07) is -0.910. The molecule has 0 fully saturated rings. The number of likely N-dealkylation sites (N-methyl/N-ethyl adjacent to an activating group) is 1. The standard InChI is InChI=1S/C64H121N2O6P/c1-6-8-10-12-14-16-18-20-21-22-23-24-25-26-27-28-29-30-31-32-33-34-35-36-37-38-39-40-41-42-43-44-45-46-48-50-52-54-56-58-64(68)65-62(61-72-73(69,70)71-60-59-66(3,4)5)63(67)57-55-53-51-49-47-19-17-15-13-11-9-7-2/h13,15,29-30,32-33,47,49,55,57,62-63,67H,6-12,14,16-28,31,34-46,48,50-54,56,58-61H2,1-5H3,(H-,65,68,69,70)/b15-13+,30-29-,33-32-,49-47+,57-55+. The Bertz CT molecular complexity index is 1370. The minimum atomic E-state index is -4.60. The Balaban J connectivity index is 3.91. The smallest absolute Gasteiger partial charge is 0.268 e. The van der Waals surface area contributed by atoms with Crippen molar-refractivity contribution in [2.45, 2.75) is 302 Å². The van der Waals surface area contributed by atoms with Crippen LogP contribution < -0.4 is 10.2 Å². The summed E-state index contributed by atoms with van der Waals surface area (Å²) in [6.07, 6.45) is 75.0. The van der Waals surface area contributed by atoms with Gasteiger partial charge in [-0.2, -0.15) is 0 Å². The number of rotatable bonds is 57. The minimum absolute atomic E-state index is 0.00997. The number of aliphatic hydroxyl groups is 1. The van der Waals surface area contributed by atoms with Crippen LogP contribution in [0.2, 0.25) is 0 Å². The number of quaternary nitrogens is 1. The molecule has 0 radical (unpaired) electrons. The van der Waals surface area contributed by atoms with Crippen LogP contribution in [0.4, 0.5) is 0 Å². The van der Waals surface area contributed by atoms with Gasteiger partial charge in [-0.05, 0) is 70.6 Å². The quantitative estimate of drug-likeness (QED) is 0.0272. The molecule has 0 spiro atoms. The van der Waals surface area contributed by atoms with Gasteiger partial charge in [0.1, 0.15) is 13.2 Å². The molecule has 0 aliphatic heterocycles. The van der Waals surface area contributed by atoms with Crippen LogP contribution in [0.3, 0.4) is 0 Å². The van der Waals surface area contributed by atoms with Crippen LogP contribution >= 0.6 is 7.82 Å². The lowest BCUT2D eigenvalue weighted by molar-refractivity contribution is -0.870. The molecule has 0 rings (SSSR count). The third-order valence-corrected chi connectivity index (χ3v) is 14.9. The van der Waals surface area contributed by atoms with E-state index in [0.717, 1.165) is 57.8 Å². The van der Waals surface area contributed by atoms with E-state index in [1.165, 1.54) is 212 Å². The average Bonchev–Trinajstić information content (AvgIpc) is 3.35. The number of nitrogens with one attached hydrogen (secondary N) is 1. The van der Waals surface area contributed by atoms with Gasteiger partial charge in [-0.1, -0.05) is 274 Å². The third-order valence-electron chi connectivity index (χ3n) is 13.9. The maximum atomic E-state index is 12.9. The maximum absolute atomic E-state index is 12.9. The summed E-state index contributed by atoms with van der Waals surface area (Å²) >= 11 is 0. The summed E-state index contributed by atoms with van der Waals surface area (Å²) in [5, 5.41) is 13.8. The zero-order chi connectivity index (χ0) is 53.5. The number of carbonyl (C=O) groups excluding carboxylic acids is 1. The van der Waals surface area contributed by atoms with Gasteiger partial charge >= 0.3 is 0 Å². The zero-order valence-electron chi connectivity index (χ0n) is 48.8. The highest BCUT2D eigenvalue weighted by Crippen LogP contribution is 2.38. The number of nitrogens with zero attached hydrogens (tertiary/aromatic N) is 1. The van der Waals surface area contributed by atoms with Crippen LogP contribution in [0.1, 0.15) is 290 Å². The molecule has 8 nitrogen and oxygen atoms in total. The molecule has 0 aliphatic carbocycles. The van der Waals surface area contributed by atoms with Gasteiger partial charge in [-0.25, -0.2) is 0 Å². The summed E-state index contributed by atoms with van der Waals surface area (Å²) in [4.78, 5) is 25.4. The van der Waals surface area contributed by atoms with E-state index in [1.54, 1.807) is 6.08 Å². The first kappa shape index (κ1) is 71.2. The lowest BCUT2D eigenvalue weighted by Gasteiger charge is -2.29. The van der Waals surface area contributed by atoms with Crippen molar-refractivity contribution in [1.29, 1.82) is 0 Å². The van der Waals surface area contributed by atoms with E-state index < -0.39 is 26.6 Å². The van der Waals surface area contributed by atoms with Gasteiger partial charge in [-0.15, -0.1) is 0 Å². The Morgan fingerprint density at radius 1 is 0.479 bits per heavy atom. The zero-order valence-corrected chi connectivity index (χ0v) is 49.7. The summed E-state index contributed by atoms with van der Waals surface area (Å²) in [6.45, 7) is 4.58. The number of hydrogen-bond acceptors (Lipinski definition) is 6. The molecule has 0 aromatic rings. The topological polar surface area (TPSA) is 108 Å². The van der Waals surface area contributed by atoms with Gasteiger partial charge in [0, 0.05) is 6.42 Å². The van der Waals surface area contributed by atoms with Crippen molar-refractivity contribution in [3.63, 3.8) is 0 Å². The molecule has 0 aliphatic rings. The highest BCUT2D eigenvalue weighted by molar-refractivity contribution is 7.45. The van der Waals surface area contributed by atoms with E-state index in [-0.39, 0.29) is 12.5 Å². The highest BCUT2D eigenvalue weighted by atomic mass is 31.2. The predicted molar refractivity (Wildman–Crippen MR) is 316 cm³/mol. The van der Waals surface area contributed by atoms with Crippen molar-refractivity contribution in [3.8, 4) is 0 Å². The minimum Gasteiger partial charge on any atom is -0.756 e. The van der Waals surface area contributed by atoms with Gasteiger partial charge in [0.2, 0.25) is 5.91 Å². The molecular weight excluding hydrogens is 924 g/mol. The highest BCUT2D eigenvalue weighted by Gasteiger charge is 2.23. The molecule has 0 bridgehead atoms. The Labute approximate surface area is 453 Å². The predicted octanol–water partition coefficient (Wildman–Crippen LogP) is 18.6. The molecule has 0 aromatic carbocycles. The lowest BCUT2D eigenvalue weighted by Crippen LogP contribution is -2.45.